The predicted octanol–water partition coefficient (Wildman–Crippen LogP) is 1.66. The van der Waals surface area contributed by atoms with Crippen LogP contribution in [0, 0.1) is 11.3 Å². The molecule has 0 aliphatic heterocycles. The Bertz CT molecular complexity index is 591. The second-order valence-corrected chi connectivity index (χ2v) is 7.20. The van der Waals surface area contributed by atoms with Gasteiger partial charge < -0.3 is 4.90 Å². The molecule has 0 fully saturated rings. The number of rotatable bonds is 8. The van der Waals surface area contributed by atoms with E-state index in [1.807, 2.05) is 32.0 Å². The lowest BCUT2D eigenvalue weighted by Gasteiger charge is -2.23. The molecule has 0 heterocycles. The Morgan fingerprint density at radius 3 is 2.38 bits per heavy atom. The van der Waals surface area contributed by atoms with Crippen LogP contribution >= 0.6 is 0 Å². The van der Waals surface area contributed by atoms with E-state index in [9.17, 15) is 8.42 Å². The molecule has 0 bridgehead atoms. The molecule has 0 aliphatic rings. The van der Waals surface area contributed by atoms with Crippen LogP contribution in [0.3, 0.4) is 0 Å². The highest BCUT2D eigenvalue weighted by molar-refractivity contribution is 7.88. The van der Waals surface area contributed by atoms with E-state index in [0.29, 0.717) is 30.8 Å². The summed E-state index contributed by atoms with van der Waals surface area (Å²) in [6.07, 6.45) is 0.770. The van der Waals surface area contributed by atoms with Crippen molar-refractivity contribution in [1.82, 2.24) is 9.21 Å². The van der Waals surface area contributed by atoms with Crippen LogP contribution in [0.4, 0.5) is 0 Å². The maximum Gasteiger partial charge on any atom is 0.218 e. The molecule has 0 aliphatic carbocycles. The van der Waals surface area contributed by atoms with Gasteiger partial charge in [-0.2, -0.15) is 5.26 Å². The number of benzene rings is 1. The van der Waals surface area contributed by atoms with Gasteiger partial charge in [-0.15, -0.1) is 0 Å². The standard InChI is InChI=1S/C15H23N3O2S/c1-4-9-18(11-10-17(2)3)21(19,20)13-15-8-6-5-7-14(15)12-16/h5-8H,4,9-11,13H2,1-3H3. The summed E-state index contributed by atoms with van der Waals surface area (Å²) in [7, 11) is 0.426. The zero-order chi connectivity index (χ0) is 15.9. The smallest absolute Gasteiger partial charge is 0.218 e. The van der Waals surface area contributed by atoms with Crippen LogP contribution < -0.4 is 0 Å². The second kappa shape index (κ2) is 8.13. The van der Waals surface area contributed by atoms with Gasteiger partial charge in [-0.1, -0.05) is 25.1 Å². The van der Waals surface area contributed by atoms with Crippen molar-refractivity contribution < 1.29 is 8.42 Å². The van der Waals surface area contributed by atoms with Crippen molar-refractivity contribution in [1.29, 1.82) is 5.26 Å². The van der Waals surface area contributed by atoms with E-state index in [2.05, 4.69) is 0 Å². The largest absolute Gasteiger partial charge is 0.308 e. The van der Waals surface area contributed by atoms with Crippen molar-refractivity contribution in [3.8, 4) is 6.07 Å². The summed E-state index contributed by atoms with van der Waals surface area (Å²) in [5.41, 5.74) is 0.982. The van der Waals surface area contributed by atoms with Crippen LogP contribution in [-0.4, -0.2) is 51.4 Å². The van der Waals surface area contributed by atoms with Gasteiger partial charge in [0.05, 0.1) is 17.4 Å². The number of nitriles is 1. The van der Waals surface area contributed by atoms with E-state index in [-0.39, 0.29) is 5.75 Å². The molecular formula is C15H23N3O2S. The van der Waals surface area contributed by atoms with Crippen LogP contribution in [0.1, 0.15) is 24.5 Å². The minimum Gasteiger partial charge on any atom is -0.308 e. The van der Waals surface area contributed by atoms with Crippen molar-refractivity contribution in [2.45, 2.75) is 19.1 Å². The van der Waals surface area contributed by atoms with Gasteiger partial charge in [0.25, 0.3) is 0 Å². The molecule has 0 atom stereocenters. The zero-order valence-electron chi connectivity index (χ0n) is 12.9. The first-order valence-electron chi connectivity index (χ1n) is 7.01. The Morgan fingerprint density at radius 1 is 1.14 bits per heavy atom. The molecule has 116 valence electrons. The maximum atomic E-state index is 12.6. The molecule has 0 aromatic heterocycles. The molecule has 0 unspecified atom stereocenters. The predicted molar refractivity (Wildman–Crippen MR) is 84.2 cm³/mol. The van der Waals surface area contributed by atoms with Crippen molar-refractivity contribution in [2.75, 3.05) is 33.7 Å². The molecule has 5 nitrogen and oxygen atoms in total. The fourth-order valence-electron chi connectivity index (χ4n) is 1.99. The van der Waals surface area contributed by atoms with Gasteiger partial charge in [-0.05, 0) is 32.1 Å². The van der Waals surface area contributed by atoms with Gasteiger partial charge >= 0.3 is 0 Å². The summed E-state index contributed by atoms with van der Waals surface area (Å²) >= 11 is 0. The SMILES string of the molecule is CCCN(CCN(C)C)S(=O)(=O)Cc1ccccc1C#N. The lowest BCUT2D eigenvalue weighted by Crippen LogP contribution is -2.38. The molecule has 21 heavy (non-hydrogen) atoms. The van der Waals surface area contributed by atoms with Gasteiger partial charge in [-0.25, -0.2) is 12.7 Å². The molecular weight excluding hydrogens is 286 g/mol. The third kappa shape index (κ3) is 5.46. The van der Waals surface area contributed by atoms with E-state index in [0.717, 1.165) is 6.42 Å². The van der Waals surface area contributed by atoms with Crippen LogP contribution in [0.2, 0.25) is 0 Å². The Balaban J connectivity index is 2.93. The summed E-state index contributed by atoms with van der Waals surface area (Å²) in [4.78, 5) is 1.96. The Kier molecular flexibility index (Phi) is 6.82. The number of hydrogen-bond acceptors (Lipinski definition) is 4. The topological polar surface area (TPSA) is 64.4 Å². The third-order valence-corrected chi connectivity index (χ3v) is 4.97. The second-order valence-electron chi connectivity index (χ2n) is 5.23. The van der Waals surface area contributed by atoms with Crippen molar-refractivity contribution >= 4 is 10.0 Å². The molecule has 0 spiro atoms. The summed E-state index contributed by atoms with van der Waals surface area (Å²) in [6, 6.07) is 8.90. The summed E-state index contributed by atoms with van der Waals surface area (Å²) in [5.74, 6) is -0.121. The van der Waals surface area contributed by atoms with Crippen molar-refractivity contribution in [2.24, 2.45) is 0 Å². The minimum absolute atomic E-state index is 0.121. The Hall–Kier alpha value is -1.42. The molecule has 1 rings (SSSR count). The number of likely N-dealkylation sites (N-methyl/N-ethyl adjacent to an activating group) is 1. The first-order valence-corrected chi connectivity index (χ1v) is 8.62. The number of hydrogen-bond donors (Lipinski definition) is 0. The Morgan fingerprint density at radius 2 is 1.81 bits per heavy atom. The van der Waals surface area contributed by atoms with E-state index in [4.69, 9.17) is 5.26 Å². The van der Waals surface area contributed by atoms with Gasteiger partial charge in [0, 0.05) is 19.6 Å². The fraction of sp³-hybridized carbons (Fsp3) is 0.533. The van der Waals surface area contributed by atoms with Crippen LogP contribution in [-0.2, 0) is 15.8 Å². The van der Waals surface area contributed by atoms with Gasteiger partial charge in [0.15, 0.2) is 0 Å². The highest BCUT2D eigenvalue weighted by atomic mass is 32.2. The van der Waals surface area contributed by atoms with E-state index < -0.39 is 10.0 Å². The third-order valence-electron chi connectivity index (χ3n) is 3.14. The van der Waals surface area contributed by atoms with Gasteiger partial charge in [-0.3, -0.25) is 0 Å². The zero-order valence-corrected chi connectivity index (χ0v) is 13.7. The quantitative estimate of drug-likeness (QED) is 0.732. The lowest BCUT2D eigenvalue weighted by molar-refractivity contribution is 0.332. The lowest BCUT2D eigenvalue weighted by atomic mass is 10.1. The molecule has 6 heteroatoms. The molecule has 0 radical (unpaired) electrons. The average Bonchev–Trinajstić information content (AvgIpc) is 2.43. The summed E-state index contributed by atoms with van der Waals surface area (Å²) in [6.45, 7) is 3.61. The summed E-state index contributed by atoms with van der Waals surface area (Å²) in [5, 5.41) is 9.07. The van der Waals surface area contributed by atoms with Crippen molar-refractivity contribution in [3.05, 3.63) is 35.4 Å². The average molecular weight is 309 g/mol. The first-order chi connectivity index (χ1) is 9.90. The van der Waals surface area contributed by atoms with E-state index in [1.54, 1.807) is 24.3 Å². The first kappa shape index (κ1) is 17.6. The molecule has 0 saturated heterocycles. The van der Waals surface area contributed by atoms with E-state index in [1.165, 1.54) is 4.31 Å². The number of nitrogens with zero attached hydrogens (tertiary/aromatic N) is 3. The number of sulfonamides is 1. The highest BCUT2D eigenvalue weighted by Crippen LogP contribution is 2.15. The van der Waals surface area contributed by atoms with Crippen molar-refractivity contribution in [3.63, 3.8) is 0 Å². The molecule has 1 aromatic rings. The van der Waals surface area contributed by atoms with Crippen LogP contribution in [0.25, 0.3) is 0 Å². The van der Waals surface area contributed by atoms with Crippen LogP contribution in [0.5, 0.6) is 0 Å². The van der Waals surface area contributed by atoms with E-state index >= 15 is 0 Å². The minimum atomic E-state index is -3.41. The monoisotopic (exact) mass is 309 g/mol. The van der Waals surface area contributed by atoms with Gasteiger partial charge in [0.2, 0.25) is 10.0 Å². The molecule has 0 N–H and O–H groups in total. The fourth-order valence-corrected chi connectivity index (χ4v) is 3.64. The highest BCUT2D eigenvalue weighted by Gasteiger charge is 2.22. The van der Waals surface area contributed by atoms with Gasteiger partial charge in [0.1, 0.15) is 0 Å². The normalized spacial score (nSPS) is 11.8. The maximum absolute atomic E-state index is 12.6. The molecule has 0 saturated carbocycles. The Labute approximate surface area is 127 Å². The van der Waals surface area contributed by atoms with Crippen LogP contribution in [0.15, 0.2) is 24.3 Å². The molecule has 0 amide bonds. The molecule has 1 aromatic carbocycles. The summed E-state index contributed by atoms with van der Waals surface area (Å²) < 4.78 is 26.7.